The number of rotatable bonds is 11. The van der Waals surface area contributed by atoms with Crippen LogP contribution in [0.2, 0.25) is 0 Å². The fraction of sp³-hybridized carbons (Fsp3) is 0.381. The lowest BCUT2D eigenvalue weighted by Crippen LogP contribution is -2.30. The average Bonchev–Trinajstić information content (AvgIpc) is 2.78. The van der Waals surface area contributed by atoms with Gasteiger partial charge in [-0.1, -0.05) is 26.0 Å². The molecule has 0 saturated heterocycles. The standard InChI is InChI=1S/C21H27N3O7S/c1-5-23(6-2)32(28,29)16-10-8-15(9-11-16)14-22-21(25)17-12-19(30-4)20(31-7-3)13-18(17)24(26)27/h8-13H,5-7,14H2,1-4H3,(H,22,25). The molecule has 0 spiro atoms. The Balaban J connectivity index is 2.21. The second kappa shape index (κ2) is 10.9. The molecule has 2 aromatic carbocycles. The van der Waals surface area contributed by atoms with E-state index in [0.717, 1.165) is 6.07 Å². The third-order valence-electron chi connectivity index (χ3n) is 4.74. The third-order valence-corrected chi connectivity index (χ3v) is 6.81. The smallest absolute Gasteiger partial charge is 0.286 e. The van der Waals surface area contributed by atoms with E-state index < -0.39 is 26.5 Å². The van der Waals surface area contributed by atoms with Gasteiger partial charge in [-0.05, 0) is 24.6 Å². The molecule has 174 valence electrons. The summed E-state index contributed by atoms with van der Waals surface area (Å²) in [6.45, 7) is 6.31. The van der Waals surface area contributed by atoms with Gasteiger partial charge in [0.15, 0.2) is 11.5 Å². The highest BCUT2D eigenvalue weighted by Crippen LogP contribution is 2.34. The maximum absolute atomic E-state index is 12.7. The first-order valence-electron chi connectivity index (χ1n) is 10.1. The topological polar surface area (TPSA) is 128 Å². The van der Waals surface area contributed by atoms with E-state index in [2.05, 4.69) is 5.32 Å². The van der Waals surface area contributed by atoms with Crippen molar-refractivity contribution in [1.29, 1.82) is 0 Å². The normalized spacial score (nSPS) is 11.3. The van der Waals surface area contributed by atoms with E-state index in [4.69, 9.17) is 9.47 Å². The van der Waals surface area contributed by atoms with Crippen molar-refractivity contribution in [3.8, 4) is 11.5 Å². The van der Waals surface area contributed by atoms with Gasteiger partial charge < -0.3 is 14.8 Å². The number of nitrogens with zero attached hydrogens (tertiary/aromatic N) is 2. The van der Waals surface area contributed by atoms with Crippen LogP contribution in [0.3, 0.4) is 0 Å². The number of nitrogens with one attached hydrogen (secondary N) is 1. The molecule has 2 rings (SSSR count). The summed E-state index contributed by atoms with van der Waals surface area (Å²) in [6, 6.07) is 8.53. The Morgan fingerprint density at radius 3 is 2.22 bits per heavy atom. The van der Waals surface area contributed by atoms with Crippen LogP contribution < -0.4 is 14.8 Å². The van der Waals surface area contributed by atoms with Crippen LogP contribution in [0, 0.1) is 10.1 Å². The third kappa shape index (κ3) is 5.54. The zero-order valence-electron chi connectivity index (χ0n) is 18.5. The number of hydrogen-bond donors (Lipinski definition) is 1. The Morgan fingerprint density at radius 1 is 1.09 bits per heavy atom. The van der Waals surface area contributed by atoms with Crippen molar-refractivity contribution in [3.63, 3.8) is 0 Å². The first-order chi connectivity index (χ1) is 15.2. The van der Waals surface area contributed by atoms with Gasteiger partial charge in [0.25, 0.3) is 11.6 Å². The van der Waals surface area contributed by atoms with Crippen LogP contribution in [0.4, 0.5) is 5.69 Å². The second-order valence-electron chi connectivity index (χ2n) is 6.63. The molecule has 11 heteroatoms. The van der Waals surface area contributed by atoms with Crippen molar-refractivity contribution in [2.24, 2.45) is 0 Å². The van der Waals surface area contributed by atoms with Gasteiger partial charge in [-0.3, -0.25) is 14.9 Å². The molecule has 10 nitrogen and oxygen atoms in total. The highest BCUT2D eigenvalue weighted by Gasteiger charge is 2.25. The number of amides is 1. The maximum atomic E-state index is 12.7. The van der Waals surface area contributed by atoms with Gasteiger partial charge in [0, 0.05) is 25.7 Å². The summed E-state index contributed by atoms with van der Waals surface area (Å²) in [5, 5.41) is 14.1. The number of sulfonamides is 1. The summed E-state index contributed by atoms with van der Waals surface area (Å²) < 4.78 is 37.0. The SMILES string of the molecule is CCOc1cc([N+](=O)[O-])c(C(=O)NCc2ccc(S(=O)(=O)N(CC)CC)cc2)cc1OC. The van der Waals surface area contributed by atoms with Crippen LogP contribution in [0.25, 0.3) is 0 Å². The minimum Gasteiger partial charge on any atom is -0.493 e. The molecule has 0 radical (unpaired) electrons. The quantitative estimate of drug-likeness (QED) is 0.399. The Morgan fingerprint density at radius 2 is 1.72 bits per heavy atom. The van der Waals surface area contributed by atoms with Crippen LogP contribution in [0.5, 0.6) is 11.5 Å². The molecule has 1 N–H and O–H groups in total. The Kier molecular flexibility index (Phi) is 8.56. The molecule has 0 aliphatic rings. The zero-order valence-corrected chi connectivity index (χ0v) is 19.3. The van der Waals surface area contributed by atoms with E-state index in [0.29, 0.717) is 18.7 Å². The Bertz CT molecular complexity index is 1070. The number of methoxy groups -OCH3 is 1. The summed E-state index contributed by atoms with van der Waals surface area (Å²) in [5.41, 5.74) is 0.0563. The first-order valence-corrected chi connectivity index (χ1v) is 11.5. The predicted octanol–water partition coefficient (Wildman–Crippen LogP) is 2.96. The van der Waals surface area contributed by atoms with Crippen molar-refractivity contribution < 1.29 is 27.6 Å². The summed E-state index contributed by atoms with van der Waals surface area (Å²) >= 11 is 0. The molecule has 0 bridgehead atoms. The van der Waals surface area contributed by atoms with Gasteiger partial charge in [-0.2, -0.15) is 4.31 Å². The molecule has 2 aromatic rings. The molecule has 0 aliphatic heterocycles. The van der Waals surface area contributed by atoms with Crippen molar-refractivity contribution in [2.75, 3.05) is 26.8 Å². The maximum Gasteiger partial charge on any atom is 0.286 e. The van der Waals surface area contributed by atoms with Crippen molar-refractivity contribution >= 4 is 21.6 Å². The minimum absolute atomic E-state index is 0.0527. The molecule has 32 heavy (non-hydrogen) atoms. The fourth-order valence-corrected chi connectivity index (χ4v) is 4.54. The number of nitro groups is 1. The predicted molar refractivity (Wildman–Crippen MR) is 119 cm³/mol. The van der Waals surface area contributed by atoms with Crippen LogP contribution in [0.1, 0.15) is 36.7 Å². The van der Waals surface area contributed by atoms with E-state index in [1.807, 2.05) is 0 Å². The molecule has 0 heterocycles. The van der Waals surface area contributed by atoms with Crippen molar-refractivity contribution in [1.82, 2.24) is 9.62 Å². The number of nitro benzene ring substituents is 1. The van der Waals surface area contributed by atoms with Gasteiger partial charge in [0.05, 0.1) is 29.6 Å². The highest BCUT2D eigenvalue weighted by atomic mass is 32.2. The van der Waals surface area contributed by atoms with Gasteiger partial charge in [0.2, 0.25) is 10.0 Å². The second-order valence-corrected chi connectivity index (χ2v) is 8.56. The van der Waals surface area contributed by atoms with E-state index in [1.165, 1.54) is 29.6 Å². The zero-order chi connectivity index (χ0) is 23.9. The number of benzene rings is 2. The lowest BCUT2D eigenvalue weighted by Gasteiger charge is -2.18. The molecular weight excluding hydrogens is 438 g/mol. The highest BCUT2D eigenvalue weighted by molar-refractivity contribution is 7.89. The van der Waals surface area contributed by atoms with Gasteiger partial charge >= 0.3 is 0 Å². The van der Waals surface area contributed by atoms with Crippen LogP contribution in [-0.2, 0) is 16.6 Å². The summed E-state index contributed by atoms with van der Waals surface area (Å²) in [5.74, 6) is -0.297. The van der Waals surface area contributed by atoms with Crippen molar-refractivity contribution in [3.05, 3.63) is 57.6 Å². The lowest BCUT2D eigenvalue weighted by atomic mass is 10.1. The van der Waals surface area contributed by atoms with E-state index >= 15 is 0 Å². The Labute approximate surface area is 187 Å². The van der Waals surface area contributed by atoms with Gasteiger partial charge in [-0.15, -0.1) is 0 Å². The van der Waals surface area contributed by atoms with E-state index in [1.54, 1.807) is 32.9 Å². The monoisotopic (exact) mass is 465 g/mol. The number of hydrogen-bond acceptors (Lipinski definition) is 7. The molecule has 0 unspecified atom stereocenters. The van der Waals surface area contributed by atoms with E-state index in [-0.39, 0.29) is 35.1 Å². The summed E-state index contributed by atoms with van der Waals surface area (Å²) in [7, 11) is -2.20. The first kappa shape index (κ1) is 25.1. The molecule has 0 aromatic heterocycles. The lowest BCUT2D eigenvalue weighted by molar-refractivity contribution is -0.385. The van der Waals surface area contributed by atoms with Crippen molar-refractivity contribution in [2.45, 2.75) is 32.2 Å². The number of carbonyl (C=O) groups excluding carboxylic acids is 1. The number of ether oxygens (including phenoxy) is 2. The molecule has 1 amide bonds. The van der Waals surface area contributed by atoms with Crippen LogP contribution >= 0.6 is 0 Å². The molecule has 0 aliphatic carbocycles. The van der Waals surface area contributed by atoms with E-state index in [9.17, 15) is 23.3 Å². The molecule has 0 fully saturated rings. The average molecular weight is 466 g/mol. The largest absolute Gasteiger partial charge is 0.493 e. The fourth-order valence-electron chi connectivity index (χ4n) is 3.08. The van der Waals surface area contributed by atoms with Gasteiger partial charge in [-0.25, -0.2) is 8.42 Å². The van der Waals surface area contributed by atoms with Gasteiger partial charge in [0.1, 0.15) is 5.56 Å². The molecule has 0 saturated carbocycles. The summed E-state index contributed by atoms with van der Waals surface area (Å²) in [4.78, 5) is 23.6. The summed E-state index contributed by atoms with van der Waals surface area (Å²) in [6.07, 6.45) is 0. The Hall–Kier alpha value is -3.18. The molecular formula is C21H27N3O7S. The molecule has 0 atom stereocenters. The minimum atomic E-state index is -3.58. The van der Waals surface area contributed by atoms with Crippen LogP contribution in [-0.4, -0.2) is 50.4 Å². The van der Waals surface area contributed by atoms with Crippen LogP contribution in [0.15, 0.2) is 41.3 Å². The number of carbonyl (C=O) groups is 1.